The number of rotatable bonds is 5. The number of anilines is 2. The van der Waals surface area contributed by atoms with Crippen molar-refractivity contribution in [3.05, 3.63) is 46.2 Å². The Morgan fingerprint density at radius 2 is 2.25 bits per heavy atom. The lowest BCUT2D eigenvalue weighted by atomic mass is 10.1. The molecule has 2 rings (SSSR count). The Labute approximate surface area is 122 Å². The van der Waals surface area contributed by atoms with E-state index in [2.05, 4.69) is 29.1 Å². The van der Waals surface area contributed by atoms with Crippen LogP contribution in [0.15, 0.2) is 35.0 Å². The second-order valence-corrected chi connectivity index (χ2v) is 5.46. The van der Waals surface area contributed by atoms with Crippen LogP contribution in [0.25, 0.3) is 0 Å². The number of hydrogen-bond donors (Lipinski definition) is 2. The topological polar surface area (TPSA) is 64.3 Å². The van der Waals surface area contributed by atoms with E-state index in [-0.39, 0.29) is 12.0 Å². The zero-order valence-corrected chi connectivity index (χ0v) is 12.4. The number of benzene rings is 1. The third-order valence-electron chi connectivity index (χ3n) is 2.97. The number of thiophene rings is 1. The second kappa shape index (κ2) is 6.43. The molecule has 20 heavy (non-hydrogen) atoms. The first-order valence-electron chi connectivity index (χ1n) is 6.35. The summed E-state index contributed by atoms with van der Waals surface area (Å²) in [7, 11) is 1.37. The quantitative estimate of drug-likeness (QED) is 0.656. The molecule has 0 saturated heterocycles. The summed E-state index contributed by atoms with van der Waals surface area (Å²) in [6.07, 6.45) is 0.897. The molecule has 0 bridgehead atoms. The number of methoxy groups -OCH3 is 1. The molecule has 0 aliphatic heterocycles. The van der Waals surface area contributed by atoms with E-state index in [9.17, 15) is 4.79 Å². The van der Waals surface area contributed by atoms with Crippen LogP contribution in [0.4, 0.5) is 11.4 Å². The zero-order valence-electron chi connectivity index (χ0n) is 11.6. The fourth-order valence-corrected chi connectivity index (χ4v) is 2.73. The Kier molecular flexibility index (Phi) is 4.63. The fraction of sp³-hybridized carbons (Fsp3) is 0.267. The van der Waals surface area contributed by atoms with Gasteiger partial charge in [0.1, 0.15) is 0 Å². The minimum absolute atomic E-state index is 0.205. The number of nitrogen functional groups attached to an aromatic ring is 1. The minimum atomic E-state index is -0.387. The highest BCUT2D eigenvalue weighted by Gasteiger charge is 2.14. The second-order valence-electron chi connectivity index (χ2n) is 4.68. The van der Waals surface area contributed by atoms with Gasteiger partial charge in [-0.1, -0.05) is 0 Å². The number of ether oxygens (including phenoxy) is 1. The van der Waals surface area contributed by atoms with Crippen LogP contribution in [0.3, 0.4) is 0 Å². The highest BCUT2D eigenvalue weighted by Crippen LogP contribution is 2.21. The van der Waals surface area contributed by atoms with Gasteiger partial charge in [-0.25, -0.2) is 4.79 Å². The maximum Gasteiger partial charge on any atom is 0.340 e. The predicted octanol–water partition coefficient (Wildman–Crippen LogP) is 3.16. The molecule has 1 unspecified atom stereocenters. The summed E-state index contributed by atoms with van der Waals surface area (Å²) in [5.74, 6) is -0.387. The largest absolute Gasteiger partial charge is 0.465 e. The summed E-state index contributed by atoms with van der Waals surface area (Å²) in [6.45, 7) is 2.08. The molecule has 0 fully saturated rings. The van der Waals surface area contributed by atoms with E-state index in [0.29, 0.717) is 11.3 Å². The maximum atomic E-state index is 11.8. The van der Waals surface area contributed by atoms with E-state index in [1.54, 1.807) is 23.5 Å². The Bertz CT molecular complexity index is 582. The van der Waals surface area contributed by atoms with Crippen LogP contribution in [0, 0.1) is 0 Å². The molecule has 0 spiro atoms. The molecule has 0 radical (unpaired) electrons. The zero-order chi connectivity index (χ0) is 14.5. The number of hydrogen-bond acceptors (Lipinski definition) is 5. The van der Waals surface area contributed by atoms with E-state index in [0.717, 1.165) is 12.1 Å². The third-order valence-corrected chi connectivity index (χ3v) is 3.70. The van der Waals surface area contributed by atoms with Gasteiger partial charge < -0.3 is 15.8 Å². The lowest BCUT2D eigenvalue weighted by molar-refractivity contribution is 0.0602. The molecule has 3 N–H and O–H groups in total. The van der Waals surface area contributed by atoms with Crippen LogP contribution in [-0.2, 0) is 11.2 Å². The Morgan fingerprint density at radius 3 is 2.90 bits per heavy atom. The molecular formula is C15H18N2O2S. The molecule has 0 saturated carbocycles. The average molecular weight is 290 g/mol. The Morgan fingerprint density at radius 1 is 1.45 bits per heavy atom. The molecule has 0 amide bonds. The van der Waals surface area contributed by atoms with Crippen LogP contribution >= 0.6 is 11.3 Å². The first-order chi connectivity index (χ1) is 9.60. The van der Waals surface area contributed by atoms with Gasteiger partial charge in [-0.15, -0.1) is 0 Å². The maximum absolute atomic E-state index is 11.8. The molecule has 0 aliphatic rings. The lowest BCUT2D eigenvalue weighted by Crippen LogP contribution is -2.20. The van der Waals surface area contributed by atoms with Crippen LogP contribution in [0.1, 0.15) is 22.8 Å². The Balaban J connectivity index is 2.14. The fourth-order valence-electron chi connectivity index (χ4n) is 2.05. The van der Waals surface area contributed by atoms with E-state index in [4.69, 9.17) is 10.5 Å². The molecule has 0 aliphatic carbocycles. The number of carbonyl (C=O) groups is 1. The van der Waals surface area contributed by atoms with E-state index in [1.165, 1.54) is 12.7 Å². The van der Waals surface area contributed by atoms with Crippen LogP contribution in [0.2, 0.25) is 0 Å². The summed E-state index contributed by atoms with van der Waals surface area (Å²) in [4.78, 5) is 11.8. The number of nitrogens with one attached hydrogen (secondary N) is 1. The van der Waals surface area contributed by atoms with Crippen molar-refractivity contribution in [1.82, 2.24) is 0 Å². The van der Waals surface area contributed by atoms with E-state index >= 15 is 0 Å². The van der Waals surface area contributed by atoms with Gasteiger partial charge in [0.25, 0.3) is 0 Å². The van der Waals surface area contributed by atoms with Crippen LogP contribution in [-0.4, -0.2) is 19.1 Å². The summed E-state index contributed by atoms with van der Waals surface area (Å²) >= 11 is 1.68. The summed E-state index contributed by atoms with van der Waals surface area (Å²) in [5, 5.41) is 7.53. The highest BCUT2D eigenvalue weighted by molar-refractivity contribution is 7.07. The van der Waals surface area contributed by atoms with E-state index < -0.39 is 0 Å². The van der Waals surface area contributed by atoms with Crippen LogP contribution in [0.5, 0.6) is 0 Å². The van der Waals surface area contributed by atoms with Gasteiger partial charge in [0.15, 0.2) is 0 Å². The summed E-state index contributed by atoms with van der Waals surface area (Å²) in [6, 6.07) is 7.52. The van der Waals surface area contributed by atoms with Crippen molar-refractivity contribution < 1.29 is 9.53 Å². The predicted molar refractivity (Wildman–Crippen MR) is 83.3 cm³/mol. The first-order valence-corrected chi connectivity index (χ1v) is 7.30. The number of nitrogens with two attached hydrogens (primary N) is 1. The van der Waals surface area contributed by atoms with Gasteiger partial charge >= 0.3 is 5.97 Å². The average Bonchev–Trinajstić information content (AvgIpc) is 2.92. The van der Waals surface area contributed by atoms with Gasteiger partial charge in [-0.05, 0) is 53.9 Å². The van der Waals surface area contributed by atoms with Crippen molar-refractivity contribution in [2.45, 2.75) is 19.4 Å². The van der Waals surface area contributed by atoms with Crippen molar-refractivity contribution >= 4 is 28.7 Å². The molecule has 1 aromatic carbocycles. The van der Waals surface area contributed by atoms with E-state index in [1.807, 2.05) is 6.07 Å². The molecular weight excluding hydrogens is 272 g/mol. The van der Waals surface area contributed by atoms with Crippen molar-refractivity contribution in [3.8, 4) is 0 Å². The SMILES string of the molecule is COC(=O)c1cc(N)ccc1NC(C)Cc1ccsc1. The smallest absolute Gasteiger partial charge is 0.340 e. The molecule has 1 heterocycles. The molecule has 1 aromatic heterocycles. The summed E-state index contributed by atoms with van der Waals surface area (Å²) in [5.41, 5.74) is 8.76. The monoisotopic (exact) mass is 290 g/mol. The van der Waals surface area contributed by atoms with Crippen LogP contribution < -0.4 is 11.1 Å². The van der Waals surface area contributed by atoms with Crippen molar-refractivity contribution in [1.29, 1.82) is 0 Å². The van der Waals surface area contributed by atoms with Gasteiger partial charge in [-0.3, -0.25) is 0 Å². The van der Waals surface area contributed by atoms with Gasteiger partial charge in [-0.2, -0.15) is 11.3 Å². The summed E-state index contributed by atoms with van der Waals surface area (Å²) < 4.78 is 4.79. The minimum Gasteiger partial charge on any atom is -0.465 e. The highest BCUT2D eigenvalue weighted by atomic mass is 32.1. The molecule has 4 nitrogen and oxygen atoms in total. The lowest BCUT2D eigenvalue weighted by Gasteiger charge is -2.17. The van der Waals surface area contributed by atoms with Gasteiger partial charge in [0.2, 0.25) is 0 Å². The van der Waals surface area contributed by atoms with Gasteiger partial charge in [0.05, 0.1) is 12.7 Å². The molecule has 5 heteroatoms. The standard InChI is InChI=1S/C15H18N2O2S/c1-10(7-11-5-6-20-9-11)17-14-4-3-12(16)8-13(14)15(18)19-2/h3-6,8-10,17H,7,16H2,1-2H3. The number of carbonyl (C=O) groups excluding carboxylic acids is 1. The molecule has 2 aromatic rings. The van der Waals surface area contributed by atoms with Crippen molar-refractivity contribution in [3.63, 3.8) is 0 Å². The van der Waals surface area contributed by atoms with Gasteiger partial charge in [0, 0.05) is 17.4 Å². The third kappa shape index (κ3) is 3.51. The normalized spacial score (nSPS) is 11.9. The van der Waals surface area contributed by atoms with Crippen molar-refractivity contribution in [2.75, 3.05) is 18.2 Å². The molecule has 1 atom stereocenters. The van der Waals surface area contributed by atoms with Crippen molar-refractivity contribution in [2.24, 2.45) is 0 Å². The first kappa shape index (κ1) is 14.4. The Hall–Kier alpha value is -2.01. The number of esters is 1. The molecule has 106 valence electrons.